The van der Waals surface area contributed by atoms with Gasteiger partial charge < -0.3 is 14.8 Å². The van der Waals surface area contributed by atoms with Gasteiger partial charge in [-0.3, -0.25) is 14.9 Å². The van der Waals surface area contributed by atoms with Gasteiger partial charge in [-0.15, -0.1) is 0 Å². The topological polar surface area (TPSA) is 90.7 Å². The standard InChI is InChI=1S/C16H16N2O5/c1-22-14-7-6-11(15(10-14)23-2)8-16(19)17-12-4-3-5-13(9-12)18(20)21/h3-7,9-10H,8H2,1-2H3,(H,17,19). The van der Waals surface area contributed by atoms with Gasteiger partial charge in [-0.25, -0.2) is 0 Å². The molecule has 0 saturated heterocycles. The van der Waals surface area contributed by atoms with Gasteiger partial charge in [-0.1, -0.05) is 12.1 Å². The van der Waals surface area contributed by atoms with E-state index in [1.807, 2.05) is 0 Å². The largest absolute Gasteiger partial charge is 0.497 e. The Kier molecular flexibility index (Phi) is 5.14. The number of nitro benzene ring substituents is 1. The van der Waals surface area contributed by atoms with Crippen LogP contribution in [0.3, 0.4) is 0 Å². The Bertz CT molecular complexity index is 730. The molecular weight excluding hydrogens is 300 g/mol. The summed E-state index contributed by atoms with van der Waals surface area (Å²) in [5.74, 6) is 0.872. The number of nitrogens with zero attached hydrogens (tertiary/aromatic N) is 1. The number of ether oxygens (including phenoxy) is 2. The summed E-state index contributed by atoms with van der Waals surface area (Å²) in [6.07, 6.45) is 0.0792. The fourth-order valence-electron chi connectivity index (χ4n) is 2.07. The maximum atomic E-state index is 12.1. The predicted molar refractivity (Wildman–Crippen MR) is 85.0 cm³/mol. The van der Waals surface area contributed by atoms with Crippen LogP contribution in [0.1, 0.15) is 5.56 Å². The van der Waals surface area contributed by atoms with Gasteiger partial charge in [0.2, 0.25) is 5.91 Å². The maximum Gasteiger partial charge on any atom is 0.271 e. The fourth-order valence-corrected chi connectivity index (χ4v) is 2.07. The summed E-state index contributed by atoms with van der Waals surface area (Å²) in [6.45, 7) is 0. The summed E-state index contributed by atoms with van der Waals surface area (Å²) in [6, 6.07) is 10.9. The van der Waals surface area contributed by atoms with Crippen molar-refractivity contribution in [3.8, 4) is 11.5 Å². The molecule has 0 aromatic heterocycles. The average molecular weight is 316 g/mol. The molecule has 0 aliphatic rings. The van der Waals surface area contributed by atoms with Crippen LogP contribution in [-0.2, 0) is 11.2 Å². The Balaban J connectivity index is 2.10. The van der Waals surface area contributed by atoms with Crippen molar-refractivity contribution >= 4 is 17.3 Å². The van der Waals surface area contributed by atoms with Crippen LogP contribution in [0, 0.1) is 10.1 Å². The monoisotopic (exact) mass is 316 g/mol. The lowest BCUT2D eigenvalue weighted by molar-refractivity contribution is -0.384. The number of anilines is 1. The molecule has 2 aromatic rings. The van der Waals surface area contributed by atoms with Crippen molar-refractivity contribution in [1.82, 2.24) is 0 Å². The normalized spacial score (nSPS) is 10.0. The quantitative estimate of drug-likeness (QED) is 0.653. The molecule has 120 valence electrons. The number of rotatable bonds is 6. The van der Waals surface area contributed by atoms with Crippen LogP contribution < -0.4 is 14.8 Å². The highest BCUT2D eigenvalue weighted by molar-refractivity contribution is 5.92. The van der Waals surface area contributed by atoms with Crippen LogP contribution >= 0.6 is 0 Å². The zero-order valence-electron chi connectivity index (χ0n) is 12.7. The number of carbonyl (C=O) groups is 1. The van der Waals surface area contributed by atoms with Crippen LogP contribution in [0.2, 0.25) is 0 Å². The molecule has 0 saturated carbocycles. The summed E-state index contributed by atoms with van der Waals surface area (Å²) in [5, 5.41) is 13.4. The molecule has 1 amide bonds. The van der Waals surface area contributed by atoms with E-state index >= 15 is 0 Å². The molecule has 0 fully saturated rings. The van der Waals surface area contributed by atoms with Gasteiger partial charge in [0.05, 0.1) is 25.6 Å². The van der Waals surface area contributed by atoms with E-state index in [-0.39, 0.29) is 18.0 Å². The number of nitro groups is 1. The third kappa shape index (κ3) is 4.19. The van der Waals surface area contributed by atoms with Crippen molar-refractivity contribution in [3.63, 3.8) is 0 Å². The van der Waals surface area contributed by atoms with E-state index < -0.39 is 4.92 Å². The molecule has 0 aliphatic heterocycles. The molecule has 0 bridgehead atoms. The summed E-state index contributed by atoms with van der Waals surface area (Å²) >= 11 is 0. The highest BCUT2D eigenvalue weighted by Gasteiger charge is 2.12. The first kappa shape index (κ1) is 16.3. The first-order chi connectivity index (χ1) is 11.0. The van der Waals surface area contributed by atoms with Crippen LogP contribution in [0.5, 0.6) is 11.5 Å². The number of carbonyl (C=O) groups excluding carboxylic acids is 1. The van der Waals surface area contributed by atoms with Crippen molar-refractivity contribution in [2.45, 2.75) is 6.42 Å². The van der Waals surface area contributed by atoms with E-state index in [2.05, 4.69) is 5.32 Å². The Morgan fingerprint density at radius 2 is 1.96 bits per heavy atom. The van der Waals surface area contributed by atoms with Crippen molar-refractivity contribution in [2.24, 2.45) is 0 Å². The SMILES string of the molecule is COc1ccc(CC(=O)Nc2cccc([N+](=O)[O-])c2)c(OC)c1. The smallest absolute Gasteiger partial charge is 0.271 e. The Morgan fingerprint density at radius 1 is 1.17 bits per heavy atom. The third-order valence-corrected chi connectivity index (χ3v) is 3.19. The molecule has 7 nitrogen and oxygen atoms in total. The van der Waals surface area contributed by atoms with Crippen molar-refractivity contribution < 1.29 is 19.2 Å². The molecule has 7 heteroatoms. The zero-order valence-corrected chi connectivity index (χ0v) is 12.7. The number of benzene rings is 2. The van der Waals surface area contributed by atoms with Gasteiger partial charge in [-0.05, 0) is 12.1 Å². The molecule has 0 aliphatic carbocycles. The van der Waals surface area contributed by atoms with Crippen LogP contribution in [-0.4, -0.2) is 25.1 Å². The first-order valence-electron chi connectivity index (χ1n) is 6.78. The van der Waals surface area contributed by atoms with E-state index in [4.69, 9.17) is 9.47 Å². The van der Waals surface area contributed by atoms with Crippen molar-refractivity contribution in [2.75, 3.05) is 19.5 Å². The molecule has 1 N–H and O–H groups in total. The minimum Gasteiger partial charge on any atom is -0.497 e. The van der Waals surface area contributed by atoms with Gasteiger partial charge in [0.1, 0.15) is 11.5 Å². The van der Waals surface area contributed by atoms with Gasteiger partial charge in [-0.2, -0.15) is 0 Å². The second-order valence-corrected chi connectivity index (χ2v) is 4.71. The number of non-ortho nitro benzene ring substituents is 1. The number of methoxy groups -OCH3 is 2. The summed E-state index contributed by atoms with van der Waals surface area (Å²) in [5.41, 5.74) is 0.984. The van der Waals surface area contributed by atoms with Gasteiger partial charge >= 0.3 is 0 Å². The Labute approximate surface area is 133 Å². The molecule has 0 heterocycles. The van der Waals surface area contributed by atoms with Crippen LogP contribution in [0.4, 0.5) is 11.4 Å². The van der Waals surface area contributed by atoms with Gasteiger partial charge in [0, 0.05) is 29.4 Å². The van der Waals surface area contributed by atoms with E-state index in [9.17, 15) is 14.9 Å². The lowest BCUT2D eigenvalue weighted by atomic mass is 10.1. The molecule has 2 rings (SSSR count). The van der Waals surface area contributed by atoms with Crippen LogP contribution in [0.25, 0.3) is 0 Å². The van der Waals surface area contributed by atoms with E-state index in [0.29, 0.717) is 22.7 Å². The second kappa shape index (κ2) is 7.26. The zero-order chi connectivity index (χ0) is 16.8. The fraction of sp³-hybridized carbons (Fsp3) is 0.188. The molecule has 0 spiro atoms. The lowest BCUT2D eigenvalue weighted by Crippen LogP contribution is -2.15. The van der Waals surface area contributed by atoms with E-state index in [1.54, 1.807) is 31.4 Å². The summed E-state index contributed by atoms with van der Waals surface area (Å²) in [7, 11) is 3.06. The molecule has 2 aromatic carbocycles. The predicted octanol–water partition coefficient (Wildman–Crippen LogP) is 2.79. The summed E-state index contributed by atoms with van der Waals surface area (Å²) in [4.78, 5) is 22.3. The maximum absolute atomic E-state index is 12.1. The van der Waals surface area contributed by atoms with Gasteiger partial charge in [0.15, 0.2) is 0 Å². The number of hydrogen-bond donors (Lipinski definition) is 1. The van der Waals surface area contributed by atoms with E-state index in [1.165, 1.54) is 25.3 Å². The second-order valence-electron chi connectivity index (χ2n) is 4.71. The highest BCUT2D eigenvalue weighted by Crippen LogP contribution is 2.25. The third-order valence-electron chi connectivity index (χ3n) is 3.19. The molecule has 0 radical (unpaired) electrons. The molecule has 23 heavy (non-hydrogen) atoms. The van der Waals surface area contributed by atoms with Crippen molar-refractivity contribution in [3.05, 3.63) is 58.1 Å². The number of amides is 1. The molecule has 0 atom stereocenters. The molecule has 0 unspecified atom stereocenters. The van der Waals surface area contributed by atoms with E-state index in [0.717, 1.165) is 0 Å². The van der Waals surface area contributed by atoms with Gasteiger partial charge in [0.25, 0.3) is 5.69 Å². The first-order valence-corrected chi connectivity index (χ1v) is 6.78. The minimum atomic E-state index is -0.512. The number of nitrogens with one attached hydrogen (secondary N) is 1. The van der Waals surface area contributed by atoms with Crippen molar-refractivity contribution in [1.29, 1.82) is 0 Å². The summed E-state index contributed by atoms with van der Waals surface area (Å²) < 4.78 is 10.3. The Morgan fingerprint density at radius 3 is 2.61 bits per heavy atom. The average Bonchev–Trinajstić information content (AvgIpc) is 2.55. The minimum absolute atomic E-state index is 0.0789. The molecular formula is C16H16N2O5. The Hall–Kier alpha value is -3.09. The lowest BCUT2D eigenvalue weighted by Gasteiger charge is -2.10. The number of hydrogen-bond acceptors (Lipinski definition) is 5. The highest BCUT2D eigenvalue weighted by atomic mass is 16.6. The van der Waals surface area contributed by atoms with Crippen LogP contribution in [0.15, 0.2) is 42.5 Å².